The second-order valence-electron chi connectivity index (χ2n) is 6.77. The molecule has 6 heteroatoms. The first-order valence-electron chi connectivity index (χ1n) is 8.57. The van der Waals surface area contributed by atoms with E-state index in [9.17, 15) is 4.79 Å². The third kappa shape index (κ3) is 3.35. The van der Waals surface area contributed by atoms with Crippen LogP contribution < -0.4 is 4.74 Å². The fourth-order valence-electron chi connectivity index (χ4n) is 3.61. The summed E-state index contributed by atoms with van der Waals surface area (Å²) in [4.78, 5) is 22.9. The first-order valence-corrected chi connectivity index (χ1v) is 8.57. The number of aryl methyl sites for hydroxylation is 1. The number of aromatic nitrogens is 2. The van der Waals surface area contributed by atoms with E-state index in [0.29, 0.717) is 25.4 Å². The molecule has 2 aliphatic rings. The van der Waals surface area contributed by atoms with Crippen molar-refractivity contribution in [1.29, 1.82) is 0 Å². The lowest BCUT2D eigenvalue weighted by molar-refractivity contribution is 0.00989. The molecule has 0 bridgehead atoms. The average molecular weight is 339 g/mol. The van der Waals surface area contributed by atoms with E-state index >= 15 is 0 Å². The van der Waals surface area contributed by atoms with Crippen molar-refractivity contribution in [3.8, 4) is 5.75 Å². The van der Waals surface area contributed by atoms with Gasteiger partial charge >= 0.3 is 0 Å². The van der Waals surface area contributed by atoms with Crippen LogP contribution in [0, 0.1) is 6.92 Å². The van der Waals surface area contributed by atoms with Crippen LogP contribution in [0.1, 0.15) is 29.0 Å². The van der Waals surface area contributed by atoms with E-state index in [-0.39, 0.29) is 17.6 Å². The first kappa shape index (κ1) is 16.0. The predicted molar refractivity (Wildman–Crippen MR) is 91.4 cm³/mol. The molecule has 0 aliphatic carbocycles. The summed E-state index contributed by atoms with van der Waals surface area (Å²) < 4.78 is 12.0. The molecule has 2 aliphatic heterocycles. The Bertz CT molecular complexity index is 768. The van der Waals surface area contributed by atoms with Crippen molar-refractivity contribution < 1.29 is 14.3 Å². The van der Waals surface area contributed by atoms with Crippen LogP contribution in [-0.2, 0) is 4.74 Å². The molecule has 4 rings (SSSR count). The molecule has 2 aromatic rings. The summed E-state index contributed by atoms with van der Waals surface area (Å²) in [5.74, 6) is 0.726. The number of pyridine rings is 2. The number of carbonyl (C=O) groups is 1. The number of nitrogens with zero attached hydrogens (tertiary/aromatic N) is 3. The van der Waals surface area contributed by atoms with Crippen molar-refractivity contribution in [2.75, 3.05) is 19.7 Å². The predicted octanol–water partition coefficient (Wildman–Crippen LogP) is 2.24. The van der Waals surface area contributed by atoms with Gasteiger partial charge in [-0.05, 0) is 37.6 Å². The molecular formula is C19H21N3O3. The number of amides is 1. The molecule has 0 N–H and O–H groups in total. The smallest absolute Gasteiger partial charge is 0.272 e. The molecule has 0 aromatic carbocycles. The van der Waals surface area contributed by atoms with Gasteiger partial charge < -0.3 is 14.4 Å². The van der Waals surface area contributed by atoms with Crippen LogP contribution in [0.3, 0.4) is 0 Å². The van der Waals surface area contributed by atoms with Crippen LogP contribution in [0.4, 0.5) is 0 Å². The SMILES string of the molecule is Cc1cccc(C(=O)N2CC[C@]3(C[C@H](Oc4cccnc4)CO3)C2)n1. The van der Waals surface area contributed by atoms with Crippen LogP contribution in [0.5, 0.6) is 5.75 Å². The second kappa shape index (κ2) is 6.44. The molecule has 0 saturated carbocycles. The van der Waals surface area contributed by atoms with Gasteiger partial charge in [-0.3, -0.25) is 9.78 Å². The minimum Gasteiger partial charge on any atom is -0.486 e. The Labute approximate surface area is 146 Å². The van der Waals surface area contributed by atoms with Crippen LogP contribution in [0.2, 0.25) is 0 Å². The topological polar surface area (TPSA) is 64.6 Å². The fourth-order valence-corrected chi connectivity index (χ4v) is 3.61. The summed E-state index contributed by atoms with van der Waals surface area (Å²) in [5.41, 5.74) is 1.05. The highest BCUT2D eigenvalue weighted by Crippen LogP contribution is 2.37. The van der Waals surface area contributed by atoms with Crippen molar-refractivity contribution in [1.82, 2.24) is 14.9 Å². The third-order valence-electron chi connectivity index (χ3n) is 4.82. The molecule has 130 valence electrons. The van der Waals surface area contributed by atoms with Crippen molar-refractivity contribution in [2.24, 2.45) is 0 Å². The van der Waals surface area contributed by atoms with E-state index < -0.39 is 0 Å². The minimum atomic E-state index is -0.299. The highest BCUT2D eigenvalue weighted by atomic mass is 16.6. The van der Waals surface area contributed by atoms with E-state index in [0.717, 1.165) is 24.3 Å². The lowest BCUT2D eigenvalue weighted by Crippen LogP contribution is -2.36. The molecule has 0 unspecified atom stereocenters. The Kier molecular flexibility index (Phi) is 4.13. The van der Waals surface area contributed by atoms with Gasteiger partial charge in [0.15, 0.2) is 0 Å². The molecule has 0 radical (unpaired) electrons. The van der Waals surface area contributed by atoms with Crippen molar-refractivity contribution in [2.45, 2.75) is 31.5 Å². The fraction of sp³-hybridized carbons (Fsp3) is 0.421. The molecule has 25 heavy (non-hydrogen) atoms. The summed E-state index contributed by atoms with van der Waals surface area (Å²) in [7, 11) is 0. The maximum absolute atomic E-state index is 12.7. The van der Waals surface area contributed by atoms with Gasteiger partial charge in [-0.2, -0.15) is 0 Å². The zero-order chi connectivity index (χ0) is 17.3. The highest BCUT2D eigenvalue weighted by molar-refractivity contribution is 5.92. The van der Waals surface area contributed by atoms with E-state index in [1.165, 1.54) is 0 Å². The second-order valence-corrected chi connectivity index (χ2v) is 6.77. The molecule has 2 fully saturated rings. The van der Waals surface area contributed by atoms with E-state index in [2.05, 4.69) is 9.97 Å². The Morgan fingerprint density at radius 3 is 3.08 bits per heavy atom. The van der Waals surface area contributed by atoms with Crippen molar-refractivity contribution >= 4 is 5.91 Å². The van der Waals surface area contributed by atoms with Gasteiger partial charge in [0.05, 0.1) is 24.9 Å². The van der Waals surface area contributed by atoms with E-state index in [4.69, 9.17) is 9.47 Å². The summed E-state index contributed by atoms with van der Waals surface area (Å²) in [6.07, 6.45) is 5.04. The quantitative estimate of drug-likeness (QED) is 0.858. The van der Waals surface area contributed by atoms with Crippen molar-refractivity contribution in [3.05, 3.63) is 54.1 Å². The summed E-state index contributed by atoms with van der Waals surface area (Å²) >= 11 is 0. The Hall–Kier alpha value is -2.47. The van der Waals surface area contributed by atoms with E-state index in [1.54, 1.807) is 18.5 Å². The Morgan fingerprint density at radius 1 is 1.36 bits per heavy atom. The third-order valence-corrected chi connectivity index (χ3v) is 4.82. The first-order chi connectivity index (χ1) is 12.1. The van der Waals surface area contributed by atoms with Gasteiger partial charge in [0.25, 0.3) is 5.91 Å². The van der Waals surface area contributed by atoms with E-state index in [1.807, 2.05) is 36.1 Å². The average Bonchev–Trinajstić information content (AvgIpc) is 3.22. The van der Waals surface area contributed by atoms with Gasteiger partial charge in [-0.1, -0.05) is 6.07 Å². The molecule has 4 heterocycles. The van der Waals surface area contributed by atoms with Gasteiger partial charge in [-0.25, -0.2) is 4.98 Å². The summed E-state index contributed by atoms with van der Waals surface area (Å²) in [6, 6.07) is 9.27. The number of carbonyl (C=O) groups excluding carboxylic acids is 1. The summed E-state index contributed by atoms with van der Waals surface area (Å²) in [6.45, 7) is 3.71. The number of rotatable bonds is 3. The zero-order valence-electron chi connectivity index (χ0n) is 14.2. The Morgan fingerprint density at radius 2 is 2.28 bits per heavy atom. The standard InChI is InChI=1S/C19H21N3O3/c1-14-4-2-6-17(21-14)18(23)22-9-7-19(13-22)10-16(12-24-19)25-15-5-3-8-20-11-15/h2-6,8,11,16H,7,9-10,12-13H2,1H3/t16-,19-/m0/s1. The monoisotopic (exact) mass is 339 g/mol. The molecule has 1 amide bonds. The number of hydrogen-bond donors (Lipinski definition) is 0. The van der Waals surface area contributed by atoms with Gasteiger partial charge in [-0.15, -0.1) is 0 Å². The normalized spacial score (nSPS) is 25.5. The Balaban J connectivity index is 1.39. The van der Waals surface area contributed by atoms with Crippen LogP contribution in [0.25, 0.3) is 0 Å². The molecular weight excluding hydrogens is 318 g/mol. The van der Waals surface area contributed by atoms with Crippen LogP contribution in [-0.4, -0.2) is 52.2 Å². The maximum atomic E-state index is 12.7. The van der Waals surface area contributed by atoms with Gasteiger partial charge in [0, 0.05) is 24.9 Å². The number of likely N-dealkylation sites (tertiary alicyclic amines) is 1. The maximum Gasteiger partial charge on any atom is 0.272 e. The zero-order valence-corrected chi connectivity index (χ0v) is 14.2. The lowest BCUT2D eigenvalue weighted by Gasteiger charge is -2.23. The van der Waals surface area contributed by atoms with Gasteiger partial charge in [0.2, 0.25) is 0 Å². The molecule has 2 aromatic heterocycles. The highest BCUT2D eigenvalue weighted by Gasteiger charge is 2.47. The molecule has 6 nitrogen and oxygen atoms in total. The van der Waals surface area contributed by atoms with Crippen LogP contribution >= 0.6 is 0 Å². The lowest BCUT2D eigenvalue weighted by atomic mass is 9.98. The molecule has 1 spiro atoms. The largest absolute Gasteiger partial charge is 0.486 e. The van der Waals surface area contributed by atoms with Crippen LogP contribution in [0.15, 0.2) is 42.7 Å². The van der Waals surface area contributed by atoms with Gasteiger partial charge in [0.1, 0.15) is 17.5 Å². The minimum absolute atomic E-state index is 0.00338. The molecule has 2 atom stereocenters. The van der Waals surface area contributed by atoms with Crippen molar-refractivity contribution in [3.63, 3.8) is 0 Å². The number of ether oxygens (including phenoxy) is 2. The molecule has 2 saturated heterocycles. The number of hydrogen-bond acceptors (Lipinski definition) is 5. The summed E-state index contributed by atoms with van der Waals surface area (Å²) in [5, 5.41) is 0.